The summed E-state index contributed by atoms with van der Waals surface area (Å²) in [7, 11) is 1.60. The number of amides is 4. The lowest BCUT2D eigenvalue weighted by molar-refractivity contribution is -0.127. The van der Waals surface area contributed by atoms with Gasteiger partial charge in [-0.05, 0) is 37.0 Å². The van der Waals surface area contributed by atoms with Crippen molar-refractivity contribution in [2.24, 2.45) is 0 Å². The van der Waals surface area contributed by atoms with Crippen LogP contribution in [0, 0.1) is 0 Å². The van der Waals surface area contributed by atoms with E-state index in [9.17, 15) is 14.4 Å². The summed E-state index contributed by atoms with van der Waals surface area (Å²) < 4.78 is 6.46. The zero-order chi connectivity index (χ0) is 19.4. The first-order valence-corrected chi connectivity index (χ1v) is 9.91. The first kappa shape index (κ1) is 19.8. The molecule has 1 N–H and O–H groups in total. The van der Waals surface area contributed by atoms with Gasteiger partial charge in [-0.15, -0.1) is 0 Å². The molecular weight excluding hydrogens is 414 g/mol. The van der Waals surface area contributed by atoms with Crippen molar-refractivity contribution in [3.8, 4) is 0 Å². The number of hydrogen-bond donors (Lipinski definition) is 1. The van der Waals surface area contributed by atoms with Crippen molar-refractivity contribution in [1.29, 1.82) is 0 Å². The second kappa shape index (κ2) is 8.39. The fourth-order valence-corrected chi connectivity index (χ4v) is 4.01. The number of nitrogens with one attached hydrogen (secondary N) is 1. The zero-order valence-electron chi connectivity index (χ0n) is 15.4. The molecule has 8 heteroatoms. The number of hydrogen-bond acceptors (Lipinski definition) is 4. The first-order valence-electron chi connectivity index (χ1n) is 9.11. The van der Waals surface area contributed by atoms with Crippen molar-refractivity contribution in [3.05, 3.63) is 34.3 Å². The summed E-state index contributed by atoms with van der Waals surface area (Å²) >= 11 is 3.50. The fraction of sp³-hybridized carbons (Fsp3) is 0.526. The Morgan fingerprint density at radius 1 is 1.30 bits per heavy atom. The normalized spacial score (nSPS) is 19.5. The number of ether oxygens (including phenoxy) is 1. The monoisotopic (exact) mass is 437 g/mol. The van der Waals surface area contributed by atoms with E-state index in [1.807, 2.05) is 24.3 Å². The highest BCUT2D eigenvalue weighted by Crippen LogP contribution is 2.33. The maximum absolute atomic E-state index is 12.6. The summed E-state index contributed by atoms with van der Waals surface area (Å²) in [4.78, 5) is 38.9. The molecule has 7 nitrogen and oxygen atoms in total. The van der Waals surface area contributed by atoms with E-state index < -0.39 is 5.54 Å². The molecule has 0 bridgehead atoms. The lowest BCUT2D eigenvalue weighted by Gasteiger charge is -2.38. The molecule has 2 saturated heterocycles. The van der Waals surface area contributed by atoms with Gasteiger partial charge < -0.3 is 15.0 Å². The molecule has 3 rings (SSSR count). The Kier molecular flexibility index (Phi) is 6.16. The van der Waals surface area contributed by atoms with Crippen LogP contribution >= 0.6 is 15.9 Å². The van der Waals surface area contributed by atoms with Gasteiger partial charge >= 0.3 is 6.03 Å². The third kappa shape index (κ3) is 4.50. The van der Waals surface area contributed by atoms with Crippen molar-refractivity contribution in [1.82, 2.24) is 15.1 Å². The van der Waals surface area contributed by atoms with Crippen LogP contribution in [0.3, 0.4) is 0 Å². The highest BCUT2D eigenvalue weighted by molar-refractivity contribution is 9.10. The van der Waals surface area contributed by atoms with E-state index in [-0.39, 0.29) is 37.4 Å². The van der Waals surface area contributed by atoms with Gasteiger partial charge in [-0.25, -0.2) is 4.79 Å². The van der Waals surface area contributed by atoms with Crippen molar-refractivity contribution in [3.63, 3.8) is 0 Å². The average Bonchev–Trinajstić information content (AvgIpc) is 2.88. The van der Waals surface area contributed by atoms with E-state index in [2.05, 4.69) is 21.2 Å². The lowest BCUT2D eigenvalue weighted by Crippen LogP contribution is -2.49. The van der Waals surface area contributed by atoms with Crippen LogP contribution in [0.25, 0.3) is 0 Å². The Balaban J connectivity index is 1.60. The van der Waals surface area contributed by atoms with Crippen LogP contribution in [0.1, 0.15) is 31.2 Å². The van der Waals surface area contributed by atoms with Gasteiger partial charge in [0.2, 0.25) is 11.8 Å². The minimum Gasteiger partial charge on any atom is -0.381 e. The summed E-state index contributed by atoms with van der Waals surface area (Å²) in [6.45, 7) is 1.56. The van der Waals surface area contributed by atoms with E-state index in [0.717, 1.165) is 10.0 Å². The van der Waals surface area contributed by atoms with Gasteiger partial charge in [0.15, 0.2) is 0 Å². The molecule has 4 amide bonds. The first-order chi connectivity index (χ1) is 12.9. The number of halogens is 1. The van der Waals surface area contributed by atoms with Gasteiger partial charge in [-0.1, -0.05) is 28.1 Å². The molecule has 0 unspecified atom stereocenters. The number of rotatable bonds is 6. The van der Waals surface area contributed by atoms with Gasteiger partial charge in [0.25, 0.3) is 0 Å². The van der Waals surface area contributed by atoms with Crippen molar-refractivity contribution in [2.45, 2.75) is 31.2 Å². The quantitative estimate of drug-likeness (QED) is 0.692. The molecule has 1 aromatic rings. The summed E-state index contributed by atoms with van der Waals surface area (Å²) in [5, 5.41) is 3.19. The Morgan fingerprint density at radius 2 is 2.04 bits per heavy atom. The summed E-state index contributed by atoms with van der Waals surface area (Å²) in [6, 6.07) is 7.68. The van der Waals surface area contributed by atoms with Gasteiger partial charge in [-0.2, -0.15) is 0 Å². The molecule has 27 heavy (non-hydrogen) atoms. The van der Waals surface area contributed by atoms with Gasteiger partial charge in [0.05, 0.1) is 5.54 Å². The SMILES string of the molecule is CN1CC(=O)N(CCCC(=O)NC2(c3cccc(Br)c3)CCOCC2)C1=O. The number of benzene rings is 1. The van der Waals surface area contributed by atoms with Crippen LogP contribution in [0.2, 0.25) is 0 Å². The Bertz CT molecular complexity index is 733. The molecule has 0 radical (unpaired) electrons. The highest BCUT2D eigenvalue weighted by Gasteiger charge is 2.36. The third-order valence-electron chi connectivity index (χ3n) is 5.12. The van der Waals surface area contributed by atoms with E-state index >= 15 is 0 Å². The Morgan fingerprint density at radius 3 is 2.67 bits per heavy atom. The summed E-state index contributed by atoms with van der Waals surface area (Å²) in [5.74, 6) is -0.290. The maximum Gasteiger partial charge on any atom is 0.326 e. The maximum atomic E-state index is 12.6. The molecule has 146 valence electrons. The zero-order valence-corrected chi connectivity index (χ0v) is 17.0. The second-order valence-corrected chi connectivity index (χ2v) is 7.96. The molecule has 2 aliphatic rings. The summed E-state index contributed by atoms with van der Waals surface area (Å²) in [5.41, 5.74) is 0.610. The third-order valence-corrected chi connectivity index (χ3v) is 5.61. The fourth-order valence-electron chi connectivity index (χ4n) is 3.61. The van der Waals surface area contributed by atoms with Crippen LogP contribution in [0.15, 0.2) is 28.7 Å². The van der Waals surface area contributed by atoms with Crippen LogP contribution in [-0.4, -0.2) is 61.0 Å². The van der Waals surface area contributed by atoms with Gasteiger partial charge in [0, 0.05) is 37.7 Å². The Hall–Kier alpha value is -1.93. The number of urea groups is 1. The largest absolute Gasteiger partial charge is 0.381 e. The smallest absolute Gasteiger partial charge is 0.326 e. The van der Waals surface area contributed by atoms with Crippen LogP contribution in [0.4, 0.5) is 4.79 Å². The highest BCUT2D eigenvalue weighted by atomic mass is 79.9. The molecule has 0 atom stereocenters. The van der Waals surface area contributed by atoms with Crippen molar-refractivity contribution >= 4 is 33.8 Å². The minimum atomic E-state index is -0.446. The predicted molar refractivity (Wildman–Crippen MR) is 103 cm³/mol. The molecule has 0 spiro atoms. The molecule has 2 fully saturated rings. The van der Waals surface area contributed by atoms with Crippen molar-refractivity contribution in [2.75, 3.05) is 33.4 Å². The van der Waals surface area contributed by atoms with Gasteiger partial charge in [0.1, 0.15) is 6.54 Å². The Labute approximate surface area is 167 Å². The van der Waals surface area contributed by atoms with E-state index in [1.54, 1.807) is 7.05 Å². The number of nitrogens with zero attached hydrogens (tertiary/aromatic N) is 2. The molecule has 2 aliphatic heterocycles. The van der Waals surface area contributed by atoms with E-state index in [1.165, 1.54) is 9.80 Å². The average molecular weight is 438 g/mol. The molecular formula is C19H24BrN3O4. The molecule has 2 heterocycles. The van der Waals surface area contributed by atoms with E-state index in [0.29, 0.717) is 32.5 Å². The van der Waals surface area contributed by atoms with Crippen LogP contribution in [0.5, 0.6) is 0 Å². The minimum absolute atomic E-state index is 0.0793. The number of likely N-dealkylation sites (N-methyl/N-ethyl adjacent to an activating group) is 1. The standard InChI is InChI=1S/C19H24BrN3O4/c1-22-13-17(25)23(18(22)26)9-3-6-16(24)21-19(7-10-27-11-8-19)14-4-2-5-15(20)12-14/h2,4-5,12H,3,6-11,13H2,1H3,(H,21,24). The topological polar surface area (TPSA) is 79.0 Å². The van der Waals surface area contributed by atoms with Crippen molar-refractivity contribution < 1.29 is 19.1 Å². The lowest BCUT2D eigenvalue weighted by atomic mass is 9.82. The van der Waals surface area contributed by atoms with Crippen LogP contribution in [-0.2, 0) is 19.9 Å². The van der Waals surface area contributed by atoms with E-state index in [4.69, 9.17) is 4.74 Å². The second-order valence-electron chi connectivity index (χ2n) is 7.04. The number of imide groups is 1. The predicted octanol–water partition coefficient (Wildman–Crippen LogP) is 2.25. The molecule has 0 saturated carbocycles. The molecule has 1 aromatic carbocycles. The molecule has 0 aliphatic carbocycles. The summed E-state index contributed by atoms with van der Waals surface area (Å²) in [6.07, 6.45) is 2.13. The molecule has 0 aromatic heterocycles. The van der Waals surface area contributed by atoms with Crippen LogP contribution < -0.4 is 5.32 Å². The van der Waals surface area contributed by atoms with Gasteiger partial charge in [-0.3, -0.25) is 14.5 Å². The number of carbonyl (C=O) groups is 3. The number of carbonyl (C=O) groups excluding carboxylic acids is 3.